The molecule has 7 nitrogen and oxygen atoms in total. The van der Waals surface area contributed by atoms with Gasteiger partial charge >= 0.3 is 0 Å². The van der Waals surface area contributed by atoms with Gasteiger partial charge in [0.25, 0.3) is 0 Å². The summed E-state index contributed by atoms with van der Waals surface area (Å²) < 4.78 is 1.79. The van der Waals surface area contributed by atoms with Crippen LogP contribution in [0.5, 0.6) is 0 Å². The summed E-state index contributed by atoms with van der Waals surface area (Å²) in [5.41, 5.74) is 1.69. The summed E-state index contributed by atoms with van der Waals surface area (Å²) in [6.07, 6.45) is 8.39. The number of anilines is 1. The summed E-state index contributed by atoms with van der Waals surface area (Å²) >= 11 is 0. The number of nitrogens with zero attached hydrogens (tertiary/aromatic N) is 6. The van der Waals surface area contributed by atoms with Crippen LogP contribution in [-0.4, -0.2) is 49.5 Å². The third kappa shape index (κ3) is 2.82. The van der Waals surface area contributed by atoms with Crippen molar-refractivity contribution in [3.8, 4) is 11.4 Å². The molecule has 0 radical (unpaired) electrons. The Morgan fingerprint density at radius 2 is 2.04 bits per heavy atom. The molecule has 0 bridgehead atoms. The molecule has 4 heterocycles. The van der Waals surface area contributed by atoms with E-state index in [1.165, 1.54) is 0 Å². The molecule has 26 heavy (non-hydrogen) atoms. The van der Waals surface area contributed by atoms with E-state index in [0.29, 0.717) is 5.82 Å². The van der Waals surface area contributed by atoms with E-state index >= 15 is 0 Å². The maximum atomic E-state index is 9.97. The lowest BCUT2D eigenvalue weighted by Crippen LogP contribution is -2.45. The normalized spacial score (nSPS) is 20.7. The molecule has 0 aliphatic carbocycles. The van der Waals surface area contributed by atoms with Gasteiger partial charge in [0.15, 0.2) is 11.5 Å². The zero-order valence-corrected chi connectivity index (χ0v) is 15.3. The third-order valence-corrected chi connectivity index (χ3v) is 5.56. The summed E-state index contributed by atoms with van der Waals surface area (Å²) in [4.78, 5) is 16.0. The first-order valence-corrected chi connectivity index (χ1v) is 9.12. The van der Waals surface area contributed by atoms with Crippen LogP contribution in [0.3, 0.4) is 0 Å². The van der Waals surface area contributed by atoms with Crippen molar-refractivity contribution < 1.29 is 5.11 Å². The van der Waals surface area contributed by atoms with Crippen molar-refractivity contribution in [1.82, 2.24) is 24.7 Å². The fraction of sp³-hybridized carbons (Fsp3) is 0.474. The predicted octanol–water partition coefficient (Wildman–Crippen LogP) is 2.41. The summed E-state index contributed by atoms with van der Waals surface area (Å²) in [5.74, 6) is 1.58. The molecule has 4 rings (SSSR count). The van der Waals surface area contributed by atoms with E-state index in [4.69, 9.17) is 9.97 Å². The zero-order chi connectivity index (χ0) is 18.1. The second-order valence-corrected chi connectivity index (χ2v) is 7.15. The van der Waals surface area contributed by atoms with Crippen LogP contribution in [0.2, 0.25) is 0 Å². The molecule has 0 aromatic carbocycles. The summed E-state index contributed by atoms with van der Waals surface area (Å²) in [5, 5.41) is 15.3. The zero-order valence-electron chi connectivity index (χ0n) is 15.3. The fourth-order valence-electron chi connectivity index (χ4n) is 3.80. The van der Waals surface area contributed by atoms with Crippen LogP contribution in [-0.2, 0) is 7.05 Å². The Labute approximate surface area is 152 Å². The molecule has 1 atom stereocenters. The number of aliphatic hydroxyl groups is 1. The van der Waals surface area contributed by atoms with Crippen LogP contribution < -0.4 is 4.90 Å². The topological polar surface area (TPSA) is 80.0 Å². The molecule has 1 aliphatic heterocycles. The van der Waals surface area contributed by atoms with E-state index in [2.05, 4.69) is 21.9 Å². The molecule has 1 N–H and O–H groups in total. The van der Waals surface area contributed by atoms with E-state index in [0.717, 1.165) is 54.8 Å². The Morgan fingerprint density at radius 3 is 2.77 bits per heavy atom. The Kier molecular flexibility index (Phi) is 4.32. The molecule has 3 aromatic heterocycles. The van der Waals surface area contributed by atoms with Gasteiger partial charge in [0, 0.05) is 43.5 Å². The third-order valence-electron chi connectivity index (χ3n) is 5.56. The quantitative estimate of drug-likeness (QED) is 0.777. The average molecular weight is 352 g/mol. The Balaban J connectivity index is 1.83. The van der Waals surface area contributed by atoms with Gasteiger partial charge in [-0.05, 0) is 31.4 Å². The highest BCUT2D eigenvalue weighted by molar-refractivity contribution is 5.88. The Hall–Kier alpha value is -2.54. The molecule has 1 aliphatic rings. The minimum atomic E-state index is -0.0609. The van der Waals surface area contributed by atoms with Crippen molar-refractivity contribution in [1.29, 1.82) is 0 Å². The molecular formula is C19H24N6O. The van der Waals surface area contributed by atoms with Crippen LogP contribution in [0, 0.1) is 5.41 Å². The maximum absolute atomic E-state index is 9.97. The Bertz CT molecular complexity index is 903. The molecule has 1 saturated heterocycles. The van der Waals surface area contributed by atoms with E-state index in [-0.39, 0.29) is 12.0 Å². The van der Waals surface area contributed by atoms with E-state index in [1.54, 1.807) is 17.1 Å². The number of aromatic nitrogens is 5. The van der Waals surface area contributed by atoms with Gasteiger partial charge in [-0.2, -0.15) is 5.10 Å². The van der Waals surface area contributed by atoms with Gasteiger partial charge in [0.1, 0.15) is 5.82 Å². The monoisotopic (exact) mass is 352 g/mol. The van der Waals surface area contributed by atoms with E-state index in [9.17, 15) is 5.11 Å². The molecule has 1 fully saturated rings. The van der Waals surface area contributed by atoms with Gasteiger partial charge in [-0.1, -0.05) is 6.92 Å². The summed E-state index contributed by atoms with van der Waals surface area (Å²) in [6, 6.07) is 3.84. The fourth-order valence-corrected chi connectivity index (χ4v) is 3.80. The molecule has 0 spiro atoms. The van der Waals surface area contributed by atoms with Crippen molar-refractivity contribution in [2.75, 3.05) is 24.6 Å². The Morgan fingerprint density at radius 1 is 1.23 bits per heavy atom. The van der Waals surface area contributed by atoms with Gasteiger partial charge in [0.2, 0.25) is 0 Å². The SMILES string of the molecule is CCC1(CO)CCCN(c2nc(-c3ccncc3)nc3c2cnn3C)C1. The molecule has 3 aromatic rings. The molecule has 7 heteroatoms. The first-order chi connectivity index (χ1) is 12.7. The highest BCUT2D eigenvalue weighted by Crippen LogP contribution is 2.37. The van der Waals surface area contributed by atoms with Crippen LogP contribution in [0.1, 0.15) is 26.2 Å². The summed E-state index contributed by atoms with van der Waals surface area (Å²) in [6.45, 7) is 4.09. The first kappa shape index (κ1) is 16.9. The van der Waals surface area contributed by atoms with Crippen LogP contribution >= 0.6 is 0 Å². The predicted molar refractivity (Wildman–Crippen MR) is 101 cm³/mol. The second-order valence-electron chi connectivity index (χ2n) is 7.15. The van der Waals surface area contributed by atoms with E-state index in [1.807, 2.05) is 25.4 Å². The lowest BCUT2D eigenvalue weighted by molar-refractivity contribution is 0.101. The number of piperidine rings is 1. The minimum Gasteiger partial charge on any atom is -0.396 e. The highest BCUT2D eigenvalue weighted by Gasteiger charge is 2.34. The smallest absolute Gasteiger partial charge is 0.164 e. The highest BCUT2D eigenvalue weighted by atomic mass is 16.3. The number of hydrogen-bond donors (Lipinski definition) is 1. The number of rotatable bonds is 4. The number of aryl methyl sites for hydroxylation is 1. The summed E-state index contributed by atoms with van der Waals surface area (Å²) in [7, 11) is 1.90. The second kappa shape index (κ2) is 6.64. The number of pyridine rings is 1. The van der Waals surface area contributed by atoms with Gasteiger partial charge in [-0.25, -0.2) is 9.97 Å². The van der Waals surface area contributed by atoms with Crippen molar-refractivity contribution in [2.24, 2.45) is 12.5 Å². The van der Waals surface area contributed by atoms with Crippen LogP contribution in [0.25, 0.3) is 22.4 Å². The first-order valence-electron chi connectivity index (χ1n) is 9.12. The van der Waals surface area contributed by atoms with Gasteiger partial charge in [-0.15, -0.1) is 0 Å². The van der Waals surface area contributed by atoms with Crippen LogP contribution in [0.4, 0.5) is 5.82 Å². The molecule has 0 amide bonds. The molecule has 1 unspecified atom stereocenters. The van der Waals surface area contributed by atoms with Crippen molar-refractivity contribution in [2.45, 2.75) is 26.2 Å². The van der Waals surface area contributed by atoms with Crippen molar-refractivity contribution >= 4 is 16.9 Å². The molecule has 136 valence electrons. The standard InChI is InChI=1S/C19H24N6O/c1-3-19(13-26)7-4-10-25(12-19)18-15-11-21-24(2)17(15)22-16(23-18)14-5-8-20-9-6-14/h5-6,8-9,11,26H,3-4,7,10,12-13H2,1-2H3. The average Bonchev–Trinajstić information content (AvgIpc) is 3.09. The number of hydrogen-bond acceptors (Lipinski definition) is 6. The lowest BCUT2D eigenvalue weighted by Gasteiger charge is -2.42. The number of aliphatic hydroxyl groups excluding tert-OH is 1. The van der Waals surface area contributed by atoms with Gasteiger partial charge in [0.05, 0.1) is 18.2 Å². The van der Waals surface area contributed by atoms with Gasteiger partial charge in [-0.3, -0.25) is 9.67 Å². The van der Waals surface area contributed by atoms with Gasteiger partial charge < -0.3 is 10.0 Å². The minimum absolute atomic E-state index is 0.0609. The molecule has 0 saturated carbocycles. The maximum Gasteiger partial charge on any atom is 0.164 e. The van der Waals surface area contributed by atoms with Crippen molar-refractivity contribution in [3.05, 3.63) is 30.7 Å². The lowest BCUT2D eigenvalue weighted by atomic mass is 9.78. The molecular weight excluding hydrogens is 328 g/mol. The largest absolute Gasteiger partial charge is 0.396 e. The van der Waals surface area contributed by atoms with E-state index < -0.39 is 0 Å². The number of fused-ring (bicyclic) bond motifs is 1. The van der Waals surface area contributed by atoms with Crippen molar-refractivity contribution in [3.63, 3.8) is 0 Å². The van der Waals surface area contributed by atoms with Crippen LogP contribution in [0.15, 0.2) is 30.7 Å².